The van der Waals surface area contributed by atoms with Crippen LogP contribution in [0.5, 0.6) is 17.2 Å². The first-order chi connectivity index (χ1) is 12.6. The highest BCUT2D eigenvalue weighted by atomic mass is 19.1. The summed E-state index contributed by atoms with van der Waals surface area (Å²) in [5.41, 5.74) is 1.30. The van der Waals surface area contributed by atoms with Gasteiger partial charge in [-0.2, -0.15) is 0 Å². The van der Waals surface area contributed by atoms with Gasteiger partial charge in [0.25, 0.3) is 5.91 Å². The average Bonchev–Trinajstić information content (AvgIpc) is 3.50. The van der Waals surface area contributed by atoms with Crippen molar-refractivity contribution in [3.8, 4) is 17.2 Å². The van der Waals surface area contributed by atoms with Crippen molar-refractivity contribution in [1.29, 1.82) is 0 Å². The molecule has 0 radical (unpaired) electrons. The number of benzene rings is 2. The number of carbonyl (C=O) groups excluding carboxylic acids is 1. The Bertz CT molecular complexity index is 787. The van der Waals surface area contributed by atoms with Crippen LogP contribution in [0.3, 0.4) is 0 Å². The summed E-state index contributed by atoms with van der Waals surface area (Å²) in [5, 5.41) is 0. The highest BCUT2D eigenvalue weighted by molar-refractivity contribution is 5.98. The summed E-state index contributed by atoms with van der Waals surface area (Å²) in [5.74, 6) is 0.957. The molecule has 2 aromatic carbocycles. The van der Waals surface area contributed by atoms with E-state index in [1.54, 1.807) is 29.2 Å². The largest absolute Gasteiger partial charge is 0.496 e. The van der Waals surface area contributed by atoms with Gasteiger partial charge in [0.15, 0.2) is 11.5 Å². The Balaban J connectivity index is 1.93. The summed E-state index contributed by atoms with van der Waals surface area (Å²) in [6, 6.07) is 9.68. The molecule has 0 unspecified atom stereocenters. The van der Waals surface area contributed by atoms with Gasteiger partial charge >= 0.3 is 0 Å². The van der Waals surface area contributed by atoms with Crippen molar-refractivity contribution in [2.45, 2.75) is 25.4 Å². The third-order valence-electron chi connectivity index (χ3n) is 4.45. The molecule has 0 N–H and O–H groups in total. The van der Waals surface area contributed by atoms with Crippen molar-refractivity contribution in [2.75, 3.05) is 21.3 Å². The molecule has 138 valence electrons. The topological polar surface area (TPSA) is 48.0 Å². The van der Waals surface area contributed by atoms with Crippen LogP contribution in [0.2, 0.25) is 0 Å². The van der Waals surface area contributed by atoms with Crippen molar-refractivity contribution in [3.05, 3.63) is 53.3 Å². The van der Waals surface area contributed by atoms with Crippen LogP contribution in [-0.2, 0) is 6.54 Å². The summed E-state index contributed by atoms with van der Waals surface area (Å²) in [4.78, 5) is 15.0. The summed E-state index contributed by atoms with van der Waals surface area (Å²) in [6.07, 6.45) is 1.92. The SMILES string of the molecule is COc1cc(OC)c(C(=O)N(Cc2ccc(F)cc2)C2CC2)cc1OC. The Labute approximate surface area is 152 Å². The van der Waals surface area contributed by atoms with Crippen LogP contribution in [-0.4, -0.2) is 38.2 Å². The smallest absolute Gasteiger partial charge is 0.258 e. The molecule has 0 atom stereocenters. The normalized spacial score (nSPS) is 13.2. The number of rotatable bonds is 7. The van der Waals surface area contributed by atoms with Crippen molar-refractivity contribution >= 4 is 5.91 Å². The number of halogens is 1. The lowest BCUT2D eigenvalue weighted by atomic mass is 10.1. The number of hydrogen-bond acceptors (Lipinski definition) is 4. The Hall–Kier alpha value is -2.76. The van der Waals surface area contributed by atoms with Crippen LogP contribution in [0.1, 0.15) is 28.8 Å². The zero-order valence-corrected chi connectivity index (χ0v) is 15.1. The number of ether oxygens (including phenoxy) is 3. The summed E-state index contributed by atoms with van der Waals surface area (Å²) in [6.45, 7) is 0.418. The van der Waals surface area contributed by atoms with Crippen molar-refractivity contribution in [3.63, 3.8) is 0 Å². The average molecular weight is 359 g/mol. The third kappa shape index (κ3) is 3.74. The summed E-state index contributed by atoms with van der Waals surface area (Å²) >= 11 is 0. The molecule has 0 aromatic heterocycles. The number of carbonyl (C=O) groups is 1. The molecule has 2 aromatic rings. The molecule has 1 saturated carbocycles. The predicted octanol–water partition coefficient (Wildman–Crippen LogP) is 3.66. The molecule has 0 bridgehead atoms. The van der Waals surface area contributed by atoms with E-state index in [0.29, 0.717) is 29.4 Å². The predicted molar refractivity (Wildman–Crippen MR) is 95.4 cm³/mol. The molecule has 26 heavy (non-hydrogen) atoms. The fourth-order valence-corrected chi connectivity index (χ4v) is 2.89. The molecular formula is C20H22FNO4. The van der Waals surface area contributed by atoms with Gasteiger partial charge in [-0.05, 0) is 30.5 Å². The molecule has 1 amide bonds. The minimum absolute atomic E-state index is 0.144. The molecule has 3 rings (SSSR count). The number of nitrogens with zero attached hydrogens (tertiary/aromatic N) is 1. The lowest BCUT2D eigenvalue weighted by molar-refractivity contribution is 0.0726. The quantitative estimate of drug-likeness (QED) is 0.757. The van der Waals surface area contributed by atoms with E-state index in [4.69, 9.17) is 14.2 Å². The minimum atomic E-state index is -0.292. The highest BCUT2D eigenvalue weighted by Crippen LogP contribution is 2.37. The molecule has 1 fully saturated rings. The summed E-state index contributed by atoms with van der Waals surface area (Å²) in [7, 11) is 4.57. The number of methoxy groups -OCH3 is 3. The lowest BCUT2D eigenvalue weighted by Gasteiger charge is -2.24. The van der Waals surface area contributed by atoms with Gasteiger partial charge in [0.05, 0.1) is 26.9 Å². The molecule has 0 heterocycles. The molecular weight excluding hydrogens is 337 g/mol. The van der Waals surface area contributed by atoms with E-state index in [0.717, 1.165) is 18.4 Å². The van der Waals surface area contributed by atoms with E-state index in [9.17, 15) is 9.18 Å². The molecule has 1 aliphatic rings. The zero-order chi connectivity index (χ0) is 18.7. The first-order valence-electron chi connectivity index (χ1n) is 8.42. The number of amides is 1. The van der Waals surface area contributed by atoms with E-state index in [1.165, 1.54) is 33.5 Å². The van der Waals surface area contributed by atoms with E-state index in [2.05, 4.69) is 0 Å². The Morgan fingerprint density at radius 1 is 1.00 bits per heavy atom. The monoisotopic (exact) mass is 359 g/mol. The van der Waals surface area contributed by atoms with Crippen LogP contribution >= 0.6 is 0 Å². The Kier molecular flexibility index (Phi) is 5.30. The van der Waals surface area contributed by atoms with Gasteiger partial charge in [0.2, 0.25) is 0 Å². The standard InChI is InChI=1S/C20H22FNO4/c1-24-17-11-19(26-3)18(25-2)10-16(17)20(23)22(15-8-9-15)12-13-4-6-14(21)7-5-13/h4-7,10-11,15H,8-9,12H2,1-3H3. The van der Waals surface area contributed by atoms with Gasteiger partial charge in [0.1, 0.15) is 11.6 Å². The molecule has 0 saturated heterocycles. The second-order valence-corrected chi connectivity index (χ2v) is 6.20. The number of hydrogen-bond donors (Lipinski definition) is 0. The third-order valence-corrected chi connectivity index (χ3v) is 4.45. The molecule has 6 heteroatoms. The van der Waals surface area contributed by atoms with Gasteiger partial charge in [-0.3, -0.25) is 4.79 Å². The van der Waals surface area contributed by atoms with E-state index in [1.807, 2.05) is 0 Å². The fourth-order valence-electron chi connectivity index (χ4n) is 2.89. The van der Waals surface area contributed by atoms with E-state index in [-0.39, 0.29) is 17.8 Å². The molecule has 5 nitrogen and oxygen atoms in total. The van der Waals surface area contributed by atoms with Crippen LogP contribution in [0.15, 0.2) is 36.4 Å². The van der Waals surface area contributed by atoms with Gasteiger partial charge in [-0.25, -0.2) is 4.39 Å². The van der Waals surface area contributed by atoms with Crippen LogP contribution in [0, 0.1) is 5.82 Å². The second kappa shape index (κ2) is 7.64. The maximum absolute atomic E-state index is 13.2. The van der Waals surface area contributed by atoms with E-state index >= 15 is 0 Å². The fraction of sp³-hybridized carbons (Fsp3) is 0.350. The van der Waals surface area contributed by atoms with Gasteiger partial charge in [-0.1, -0.05) is 12.1 Å². The van der Waals surface area contributed by atoms with Crippen LogP contribution in [0.4, 0.5) is 4.39 Å². The lowest BCUT2D eigenvalue weighted by Crippen LogP contribution is -2.33. The highest BCUT2D eigenvalue weighted by Gasteiger charge is 2.34. The molecule has 0 aliphatic heterocycles. The Morgan fingerprint density at radius 2 is 1.58 bits per heavy atom. The molecule has 0 spiro atoms. The van der Waals surface area contributed by atoms with E-state index < -0.39 is 0 Å². The van der Waals surface area contributed by atoms with Gasteiger partial charge in [0, 0.05) is 24.7 Å². The summed E-state index contributed by atoms with van der Waals surface area (Å²) < 4.78 is 29.1. The second-order valence-electron chi connectivity index (χ2n) is 6.20. The molecule has 1 aliphatic carbocycles. The van der Waals surface area contributed by atoms with Gasteiger partial charge in [-0.15, -0.1) is 0 Å². The minimum Gasteiger partial charge on any atom is -0.496 e. The van der Waals surface area contributed by atoms with Crippen LogP contribution in [0.25, 0.3) is 0 Å². The van der Waals surface area contributed by atoms with Crippen molar-refractivity contribution < 1.29 is 23.4 Å². The maximum atomic E-state index is 13.2. The van der Waals surface area contributed by atoms with Crippen LogP contribution < -0.4 is 14.2 Å². The maximum Gasteiger partial charge on any atom is 0.258 e. The van der Waals surface area contributed by atoms with Gasteiger partial charge < -0.3 is 19.1 Å². The van der Waals surface area contributed by atoms with Crippen molar-refractivity contribution in [2.24, 2.45) is 0 Å². The zero-order valence-electron chi connectivity index (χ0n) is 15.1. The van der Waals surface area contributed by atoms with Crippen molar-refractivity contribution in [1.82, 2.24) is 4.90 Å². The first-order valence-corrected chi connectivity index (χ1v) is 8.42. The first kappa shape index (κ1) is 18.0. The Morgan fingerprint density at radius 3 is 2.12 bits per heavy atom.